The smallest absolute Gasteiger partial charge is 0.197 e. The number of alkyl halides is 1. The van der Waals surface area contributed by atoms with E-state index in [2.05, 4.69) is 33.9 Å². The Balaban J connectivity index is 1.88. The lowest BCUT2D eigenvalue weighted by Crippen LogP contribution is -1.98. The predicted octanol–water partition coefficient (Wildman–Crippen LogP) is 5.42. The van der Waals surface area contributed by atoms with Crippen molar-refractivity contribution >= 4 is 38.6 Å². The minimum absolute atomic E-state index is 0.169. The molecule has 0 radical (unpaired) electrons. The molecule has 102 valence electrons. The topological polar surface area (TPSA) is 26.0 Å². The van der Waals surface area contributed by atoms with E-state index >= 15 is 0 Å². The summed E-state index contributed by atoms with van der Waals surface area (Å²) in [4.78, 5) is 4.46. The second kappa shape index (κ2) is 5.58. The minimum atomic E-state index is -0.169. The first-order valence-corrected chi connectivity index (χ1v) is 7.61. The van der Waals surface area contributed by atoms with E-state index in [0.29, 0.717) is 12.3 Å². The Hall–Kier alpha value is -1.32. The van der Waals surface area contributed by atoms with E-state index in [1.165, 1.54) is 5.56 Å². The molecule has 0 amide bonds. The van der Waals surface area contributed by atoms with E-state index in [4.69, 9.17) is 16.0 Å². The van der Waals surface area contributed by atoms with Crippen LogP contribution in [0.3, 0.4) is 0 Å². The molecule has 0 saturated carbocycles. The first-order valence-electron chi connectivity index (χ1n) is 6.38. The minimum Gasteiger partial charge on any atom is -0.441 e. The molecule has 0 bridgehead atoms. The Morgan fingerprint density at radius 1 is 1.20 bits per heavy atom. The predicted molar refractivity (Wildman–Crippen MR) is 85.2 cm³/mol. The van der Waals surface area contributed by atoms with Crippen molar-refractivity contribution in [1.82, 2.24) is 4.98 Å². The Labute approximate surface area is 130 Å². The molecule has 0 aliphatic rings. The third-order valence-corrected chi connectivity index (χ3v) is 4.72. The fraction of sp³-hybridized carbons (Fsp3) is 0.188. The number of fused-ring (bicyclic) bond motifs is 1. The van der Waals surface area contributed by atoms with Crippen molar-refractivity contribution in [3.8, 4) is 0 Å². The molecular weight excluding hydrogens is 338 g/mol. The normalized spacial score (nSPS) is 12.8. The molecule has 3 rings (SSSR count). The van der Waals surface area contributed by atoms with Gasteiger partial charge >= 0.3 is 0 Å². The summed E-state index contributed by atoms with van der Waals surface area (Å²) in [5.74, 6) is 0.666. The summed E-state index contributed by atoms with van der Waals surface area (Å²) in [5.41, 5.74) is 3.91. The van der Waals surface area contributed by atoms with Crippen molar-refractivity contribution in [1.29, 1.82) is 0 Å². The van der Waals surface area contributed by atoms with Gasteiger partial charge in [0.2, 0.25) is 0 Å². The number of para-hydroxylation sites is 2. The molecule has 2 aromatic carbocycles. The molecule has 4 heteroatoms. The fourth-order valence-electron chi connectivity index (χ4n) is 2.18. The number of oxazole rings is 1. The summed E-state index contributed by atoms with van der Waals surface area (Å²) >= 11 is 10.1. The lowest BCUT2D eigenvalue weighted by Gasteiger charge is -2.11. The molecule has 3 aromatic rings. The van der Waals surface area contributed by atoms with Crippen LogP contribution in [0.2, 0.25) is 0 Å². The number of halogens is 2. The monoisotopic (exact) mass is 349 g/mol. The Bertz CT molecular complexity index is 720. The van der Waals surface area contributed by atoms with Gasteiger partial charge in [-0.3, -0.25) is 0 Å². The van der Waals surface area contributed by atoms with E-state index < -0.39 is 0 Å². The zero-order valence-corrected chi connectivity index (χ0v) is 13.3. The van der Waals surface area contributed by atoms with Crippen molar-refractivity contribution in [3.63, 3.8) is 0 Å². The van der Waals surface area contributed by atoms with Crippen molar-refractivity contribution in [2.75, 3.05) is 0 Å². The van der Waals surface area contributed by atoms with Gasteiger partial charge in [-0.05, 0) is 30.2 Å². The van der Waals surface area contributed by atoms with Crippen LogP contribution in [0.5, 0.6) is 0 Å². The summed E-state index contributed by atoms with van der Waals surface area (Å²) in [6.07, 6.45) is 0.568. The maximum absolute atomic E-state index is 6.52. The van der Waals surface area contributed by atoms with Gasteiger partial charge in [-0.25, -0.2) is 4.98 Å². The van der Waals surface area contributed by atoms with E-state index in [0.717, 1.165) is 21.1 Å². The molecule has 20 heavy (non-hydrogen) atoms. The van der Waals surface area contributed by atoms with Crippen LogP contribution in [0, 0.1) is 6.92 Å². The number of hydrogen-bond donors (Lipinski definition) is 0. The molecule has 0 saturated heterocycles. The highest BCUT2D eigenvalue weighted by Crippen LogP contribution is 2.33. The molecule has 1 heterocycles. The van der Waals surface area contributed by atoms with Crippen LogP contribution in [0.4, 0.5) is 0 Å². The molecule has 1 unspecified atom stereocenters. The molecule has 0 N–H and O–H groups in total. The van der Waals surface area contributed by atoms with Gasteiger partial charge in [0.05, 0.1) is 5.38 Å². The number of rotatable bonds is 3. The first-order chi connectivity index (χ1) is 9.65. The highest BCUT2D eigenvalue weighted by atomic mass is 79.9. The van der Waals surface area contributed by atoms with Crippen LogP contribution in [0.25, 0.3) is 11.1 Å². The van der Waals surface area contributed by atoms with Crippen LogP contribution in [0.1, 0.15) is 22.4 Å². The quantitative estimate of drug-likeness (QED) is 0.589. The Kier molecular flexibility index (Phi) is 3.81. The Morgan fingerprint density at radius 2 is 2.00 bits per heavy atom. The fourth-order valence-corrected chi connectivity index (χ4v) is 3.17. The van der Waals surface area contributed by atoms with Crippen LogP contribution < -0.4 is 0 Å². The zero-order chi connectivity index (χ0) is 14.1. The molecule has 0 spiro atoms. The lowest BCUT2D eigenvalue weighted by molar-refractivity contribution is 0.525. The number of benzene rings is 2. The summed E-state index contributed by atoms with van der Waals surface area (Å²) in [5, 5.41) is -0.169. The van der Waals surface area contributed by atoms with Gasteiger partial charge in [0.25, 0.3) is 0 Å². The van der Waals surface area contributed by atoms with Crippen molar-refractivity contribution in [2.24, 2.45) is 0 Å². The van der Waals surface area contributed by atoms with Gasteiger partial charge in [-0.1, -0.05) is 46.3 Å². The largest absolute Gasteiger partial charge is 0.441 e. The molecule has 2 nitrogen and oxygen atoms in total. The zero-order valence-electron chi connectivity index (χ0n) is 10.9. The summed E-state index contributed by atoms with van der Waals surface area (Å²) in [6, 6.07) is 13.8. The van der Waals surface area contributed by atoms with Crippen LogP contribution >= 0.6 is 27.5 Å². The SMILES string of the molecule is Cc1cccc(C(Cl)Cc2nc3ccccc3o2)c1Br. The van der Waals surface area contributed by atoms with E-state index in [-0.39, 0.29) is 5.38 Å². The molecule has 0 aliphatic heterocycles. The van der Waals surface area contributed by atoms with E-state index in [1.54, 1.807) is 0 Å². The standard InChI is InChI=1S/C16H13BrClNO/c1-10-5-4-6-11(16(10)17)12(18)9-15-19-13-7-2-3-8-14(13)20-15/h2-8,12H,9H2,1H3. The summed E-state index contributed by atoms with van der Waals surface area (Å²) < 4.78 is 6.77. The average Bonchev–Trinajstić information content (AvgIpc) is 2.83. The molecule has 0 aliphatic carbocycles. The summed E-state index contributed by atoms with van der Waals surface area (Å²) in [6.45, 7) is 2.05. The second-order valence-electron chi connectivity index (χ2n) is 4.73. The highest BCUT2D eigenvalue weighted by molar-refractivity contribution is 9.10. The maximum atomic E-state index is 6.52. The van der Waals surface area contributed by atoms with Gasteiger partial charge in [-0.2, -0.15) is 0 Å². The highest BCUT2D eigenvalue weighted by Gasteiger charge is 2.16. The van der Waals surface area contributed by atoms with Gasteiger partial charge < -0.3 is 4.42 Å². The third-order valence-electron chi connectivity index (χ3n) is 3.25. The first kappa shape index (κ1) is 13.7. The molecule has 0 fully saturated rings. The molecule has 1 atom stereocenters. The van der Waals surface area contributed by atoms with Crippen molar-refractivity contribution < 1.29 is 4.42 Å². The van der Waals surface area contributed by atoms with Crippen molar-refractivity contribution in [3.05, 3.63) is 64.0 Å². The second-order valence-corrected chi connectivity index (χ2v) is 6.04. The van der Waals surface area contributed by atoms with Crippen LogP contribution in [0.15, 0.2) is 51.4 Å². The average molecular weight is 351 g/mol. The number of aromatic nitrogens is 1. The van der Waals surface area contributed by atoms with Crippen LogP contribution in [-0.2, 0) is 6.42 Å². The van der Waals surface area contributed by atoms with Crippen LogP contribution in [-0.4, -0.2) is 4.98 Å². The maximum Gasteiger partial charge on any atom is 0.197 e. The summed E-state index contributed by atoms with van der Waals surface area (Å²) in [7, 11) is 0. The molecular formula is C16H13BrClNO. The molecule has 1 aromatic heterocycles. The van der Waals surface area contributed by atoms with E-state index in [1.807, 2.05) is 36.4 Å². The lowest BCUT2D eigenvalue weighted by atomic mass is 10.1. The van der Waals surface area contributed by atoms with Gasteiger partial charge in [0.1, 0.15) is 5.52 Å². The number of hydrogen-bond acceptors (Lipinski definition) is 2. The third kappa shape index (κ3) is 2.60. The Morgan fingerprint density at radius 3 is 2.80 bits per heavy atom. The van der Waals surface area contributed by atoms with E-state index in [9.17, 15) is 0 Å². The number of aryl methyl sites for hydroxylation is 1. The van der Waals surface area contributed by atoms with Crippen molar-refractivity contribution in [2.45, 2.75) is 18.7 Å². The van der Waals surface area contributed by atoms with Gasteiger partial charge in [0, 0.05) is 10.9 Å². The number of nitrogens with zero attached hydrogens (tertiary/aromatic N) is 1. The van der Waals surface area contributed by atoms with Gasteiger partial charge in [0.15, 0.2) is 11.5 Å². The van der Waals surface area contributed by atoms with Gasteiger partial charge in [-0.15, -0.1) is 11.6 Å².